The molecule has 0 radical (unpaired) electrons. The molecular formula is C10H13N. The van der Waals surface area contributed by atoms with Crippen molar-refractivity contribution in [3.8, 4) is 0 Å². The minimum absolute atomic E-state index is 1.16. The molecule has 1 nitrogen and oxygen atoms in total. The Bertz CT molecular complexity index is 231. The van der Waals surface area contributed by atoms with Gasteiger partial charge in [0.25, 0.3) is 0 Å². The number of allylic oxidation sites excluding steroid dienone is 6. The summed E-state index contributed by atoms with van der Waals surface area (Å²) in [5, 5.41) is 6.83. The van der Waals surface area contributed by atoms with Crippen molar-refractivity contribution in [1.29, 1.82) is 5.41 Å². The summed E-state index contributed by atoms with van der Waals surface area (Å²) in [4.78, 5) is 0. The minimum Gasteiger partial charge on any atom is -0.309 e. The summed E-state index contributed by atoms with van der Waals surface area (Å²) >= 11 is 0. The fourth-order valence-electron chi connectivity index (χ4n) is 1.15. The topological polar surface area (TPSA) is 23.9 Å². The van der Waals surface area contributed by atoms with Gasteiger partial charge in [-0.15, -0.1) is 0 Å². The van der Waals surface area contributed by atoms with Gasteiger partial charge in [0.1, 0.15) is 0 Å². The predicted molar refractivity (Wildman–Crippen MR) is 49.0 cm³/mol. The van der Waals surface area contributed by atoms with Crippen LogP contribution in [0.15, 0.2) is 35.5 Å². The van der Waals surface area contributed by atoms with E-state index in [2.05, 4.69) is 19.1 Å². The fraction of sp³-hybridized carbons (Fsp3) is 0.300. The fourth-order valence-corrected chi connectivity index (χ4v) is 1.15. The zero-order chi connectivity index (χ0) is 8.10. The molecule has 0 unspecified atom stereocenters. The highest BCUT2D eigenvalue weighted by Crippen LogP contribution is 2.18. The van der Waals surface area contributed by atoms with Gasteiger partial charge in [0, 0.05) is 6.21 Å². The largest absolute Gasteiger partial charge is 0.309 e. The average Bonchev–Trinajstić information content (AvgIpc) is 2.03. The molecule has 0 aromatic heterocycles. The molecule has 1 N–H and O–H groups in total. The number of nitrogens with one attached hydrogen (secondary N) is 1. The highest BCUT2D eigenvalue weighted by Gasteiger charge is 1.98. The smallest absolute Gasteiger partial charge is 0.0177 e. The molecule has 0 saturated heterocycles. The Labute approximate surface area is 67.6 Å². The maximum absolute atomic E-state index is 6.83. The van der Waals surface area contributed by atoms with E-state index in [9.17, 15) is 0 Å². The molecule has 11 heavy (non-hydrogen) atoms. The molecule has 0 fully saturated rings. The van der Waals surface area contributed by atoms with Crippen LogP contribution < -0.4 is 0 Å². The number of rotatable bonds is 2. The van der Waals surface area contributed by atoms with Crippen molar-refractivity contribution in [3.63, 3.8) is 0 Å². The molecule has 1 heteroatoms. The molecule has 0 heterocycles. The lowest BCUT2D eigenvalue weighted by Crippen LogP contribution is -1.88. The van der Waals surface area contributed by atoms with Crippen molar-refractivity contribution in [2.24, 2.45) is 0 Å². The maximum Gasteiger partial charge on any atom is 0.0177 e. The third-order valence-corrected chi connectivity index (χ3v) is 1.85. The first kappa shape index (κ1) is 7.99. The second-order valence-corrected chi connectivity index (χ2v) is 2.70. The van der Waals surface area contributed by atoms with E-state index in [1.165, 1.54) is 17.4 Å². The second-order valence-electron chi connectivity index (χ2n) is 2.70. The summed E-state index contributed by atoms with van der Waals surface area (Å²) in [5.41, 5.74) is 2.69. The van der Waals surface area contributed by atoms with Gasteiger partial charge in [-0.3, -0.25) is 0 Å². The van der Waals surface area contributed by atoms with Gasteiger partial charge in [-0.2, -0.15) is 0 Å². The Kier molecular flexibility index (Phi) is 2.84. The van der Waals surface area contributed by atoms with E-state index in [0.29, 0.717) is 0 Å². The van der Waals surface area contributed by atoms with Gasteiger partial charge in [0.15, 0.2) is 0 Å². The van der Waals surface area contributed by atoms with E-state index in [1.54, 1.807) is 6.08 Å². The van der Waals surface area contributed by atoms with Crippen LogP contribution in [-0.2, 0) is 0 Å². The lowest BCUT2D eigenvalue weighted by molar-refractivity contribution is 0.949. The van der Waals surface area contributed by atoms with Crippen molar-refractivity contribution >= 4 is 6.21 Å². The lowest BCUT2D eigenvalue weighted by atomic mass is 9.99. The number of hydrogen-bond acceptors (Lipinski definition) is 1. The molecule has 1 aliphatic rings. The lowest BCUT2D eigenvalue weighted by Gasteiger charge is -2.07. The number of hydrogen-bond donors (Lipinski definition) is 1. The van der Waals surface area contributed by atoms with Crippen LogP contribution in [0.5, 0.6) is 0 Å². The van der Waals surface area contributed by atoms with Crippen LogP contribution in [0, 0.1) is 5.41 Å². The molecule has 1 rings (SSSR count). The predicted octanol–water partition coefficient (Wildman–Crippen LogP) is 2.86. The van der Waals surface area contributed by atoms with Gasteiger partial charge in [-0.1, -0.05) is 23.8 Å². The van der Waals surface area contributed by atoms with Gasteiger partial charge in [0.05, 0.1) is 0 Å². The first-order valence-corrected chi connectivity index (χ1v) is 3.88. The molecule has 58 valence electrons. The summed E-state index contributed by atoms with van der Waals surface area (Å²) in [6, 6.07) is 0. The molecule has 1 aliphatic carbocycles. The molecule has 0 spiro atoms. The van der Waals surface area contributed by atoms with Crippen LogP contribution in [0.1, 0.15) is 19.8 Å². The van der Waals surface area contributed by atoms with Crippen molar-refractivity contribution < 1.29 is 0 Å². The zero-order valence-corrected chi connectivity index (χ0v) is 6.80. The summed E-state index contributed by atoms with van der Waals surface area (Å²) < 4.78 is 0. The van der Waals surface area contributed by atoms with Gasteiger partial charge in [0.2, 0.25) is 0 Å². The molecule has 0 aromatic carbocycles. The van der Waals surface area contributed by atoms with Crippen LogP contribution in [-0.4, -0.2) is 6.21 Å². The zero-order valence-electron chi connectivity index (χ0n) is 6.80. The van der Waals surface area contributed by atoms with Crippen LogP contribution in [0.2, 0.25) is 0 Å². The van der Waals surface area contributed by atoms with E-state index < -0.39 is 0 Å². The van der Waals surface area contributed by atoms with E-state index in [1.807, 2.05) is 6.08 Å². The van der Waals surface area contributed by atoms with Gasteiger partial charge in [-0.25, -0.2) is 0 Å². The first-order chi connectivity index (χ1) is 5.34. The molecule has 0 aromatic rings. The standard InChI is InChI=1S/C10H13N/c1-9-5-2-3-6-10(9)7-4-8-11/h3-4,6-8,11H,2,5H2,1H3/b7-4-,11-8?. The van der Waals surface area contributed by atoms with E-state index in [0.717, 1.165) is 12.8 Å². The van der Waals surface area contributed by atoms with Gasteiger partial charge < -0.3 is 5.41 Å². The summed E-state index contributed by atoms with van der Waals surface area (Å²) in [5.74, 6) is 0. The van der Waals surface area contributed by atoms with Crippen LogP contribution in [0.25, 0.3) is 0 Å². The first-order valence-electron chi connectivity index (χ1n) is 3.88. The third kappa shape index (κ3) is 2.19. The Morgan fingerprint density at radius 2 is 2.36 bits per heavy atom. The summed E-state index contributed by atoms with van der Waals surface area (Å²) in [7, 11) is 0. The quantitative estimate of drug-likeness (QED) is 0.581. The SMILES string of the molecule is CC1=C(/C=C\C=N)C=CCC1. The van der Waals surface area contributed by atoms with E-state index in [4.69, 9.17) is 5.41 Å². The Morgan fingerprint density at radius 3 is 3.00 bits per heavy atom. The van der Waals surface area contributed by atoms with Crippen LogP contribution >= 0.6 is 0 Å². The van der Waals surface area contributed by atoms with Gasteiger partial charge in [-0.05, 0) is 31.4 Å². The normalized spacial score (nSPS) is 17.9. The Hall–Kier alpha value is -1.11. The van der Waals surface area contributed by atoms with Crippen molar-refractivity contribution in [1.82, 2.24) is 0 Å². The molecule has 0 bridgehead atoms. The van der Waals surface area contributed by atoms with Crippen molar-refractivity contribution in [2.45, 2.75) is 19.8 Å². The highest BCUT2D eigenvalue weighted by molar-refractivity contribution is 5.69. The minimum atomic E-state index is 1.16. The van der Waals surface area contributed by atoms with Crippen LogP contribution in [0.4, 0.5) is 0 Å². The summed E-state index contributed by atoms with van der Waals surface area (Å²) in [6.07, 6.45) is 11.7. The van der Waals surface area contributed by atoms with Crippen molar-refractivity contribution in [3.05, 3.63) is 35.5 Å². The maximum atomic E-state index is 6.83. The van der Waals surface area contributed by atoms with E-state index >= 15 is 0 Å². The van der Waals surface area contributed by atoms with Crippen molar-refractivity contribution in [2.75, 3.05) is 0 Å². The Morgan fingerprint density at radius 1 is 1.55 bits per heavy atom. The summed E-state index contributed by atoms with van der Waals surface area (Å²) in [6.45, 7) is 2.15. The van der Waals surface area contributed by atoms with Gasteiger partial charge >= 0.3 is 0 Å². The molecule has 0 saturated carbocycles. The molecule has 0 amide bonds. The molecule has 0 atom stereocenters. The molecule has 0 aliphatic heterocycles. The Balaban J connectivity index is 2.75. The monoisotopic (exact) mass is 147 g/mol. The third-order valence-electron chi connectivity index (χ3n) is 1.85. The highest BCUT2D eigenvalue weighted by atomic mass is 14.3. The van der Waals surface area contributed by atoms with E-state index in [-0.39, 0.29) is 0 Å². The second kappa shape index (κ2) is 3.91. The average molecular weight is 147 g/mol. The molecular weight excluding hydrogens is 134 g/mol. The van der Waals surface area contributed by atoms with Crippen LogP contribution in [0.3, 0.4) is 0 Å².